The first-order valence-corrected chi connectivity index (χ1v) is 4.48. The molecular formula is C10H15N3O. The Kier molecular flexibility index (Phi) is 2.92. The normalized spacial score (nSPS) is 13.6. The molecule has 1 aromatic rings. The minimum atomic E-state index is -0.358. The van der Waals surface area contributed by atoms with Crippen molar-refractivity contribution in [3.63, 3.8) is 0 Å². The highest BCUT2D eigenvalue weighted by atomic mass is 16.4. The Morgan fingerprint density at radius 1 is 1.50 bits per heavy atom. The largest absolute Gasteiger partial charge is 0.423 e. The number of nitrogens with zero attached hydrogens (tertiary/aromatic N) is 2. The van der Waals surface area contributed by atoms with Crippen LogP contribution < -0.4 is 5.73 Å². The van der Waals surface area contributed by atoms with Gasteiger partial charge in [0.25, 0.3) is 0 Å². The average molecular weight is 193 g/mol. The average Bonchev–Trinajstić information content (AvgIpc) is 2.51. The zero-order chi connectivity index (χ0) is 10.8. The molecule has 4 heteroatoms. The smallest absolute Gasteiger partial charge is 0.234 e. The Balaban J connectivity index is 2.84. The van der Waals surface area contributed by atoms with Gasteiger partial charge in [-0.05, 0) is 0 Å². The summed E-state index contributed by atoms with van der Waals surface area (Å²) in [6.45, 7) is 5.99. The Morgan fingerprint density at radius 3 is 2.57 bits per heavy atom. The van der Waals surface area contributed by atoms with E-state index in [1.54, 1.807) is 0 Å². The molecule has 0 amide bonds. The first-order valence-electron chi connectivity index (χ1n) is 4.48. The van der Waals surface area contributed by atoms with Crippen molar-refractivity contribution in [1.29, 1.82) is 0 Å². The van der Waals surface area contributed by atoms with Gasteiger partial charge in [0.2, 0.25) is 11.8 Å². The van der Waals surface area contributed by atoms with Crippen LogP contribution in [0, 0.1) is 12.3 Å². The number of nitrogens with two attached hydrogens (primary N) is 1. The quantitative estimate of drug-likeness (QED) is 0.721. The zero-order valence-corrected chi connectivity index (χ0v) is 8.74. The fraction of sp³-hybridized carbons (Fsp3) is 0.600. The first kappa shape index (κ1) is 10.7. The summed E-state index contributed by atoms with van der Waals surface area (Å²) in [5.74, 6) is 3.45. The van der Waals surface area contributed by atoms with Crippen LogP contribution in [0.4, 0.5) is 0 Å². The molecule has 0 saturated carbocycles. The molecule has 2 N–H and O–H groups in total. The lowest BCUT2D eigenvalue weighted by molar-refractivity contribution is 0.357. The van der Waals surface area contributed by atoms with Gasteiger partial charge in [0.15, 0.2) is 0 Å². The number of rotatable bonds is 2. The van der Waals surface area contributed by atoms with Gasteiger partial charge in [0.1, 0.15) is 0 Å². The molecule has 1 atom stereocenters. The summed E-state index contributed by atoms with van der Waals surface area (Å²) in [5.41, 5.74) is 5.57. The molecule has 1 rings (SSSR count). The summed E-state index contributed by atoms with van der Waals surface area (Å²) in [7, 11) is 0. The van der Waals surface area contributed by atoms with E-state index in [4.69, 9.17) is 16.6 Å². The monoisotopic (exact) mass is 193 g/mol. The van der Waals surface area contributed by atoms with Crippen molar-refractivity contribution in [2.45, 2.75) is 38.6 Å². The molecule has 0 spiro atoms. The highest BCUT2D eigenvalue weighted by Gasteiger charge is 2.23. The van der Waals surface area contributed by atoms with E-state index in [2.05, 4.69) is 16.1 Å². The second-order valence-corrected chi connectivity index (χ2v) is 4.21. The maximum absolute atomic E-state index is 5.72. The van der Waals surface area contributed by atoms with Crippen molar-refractivity contribution in [3.8, 4) is 12.3 Å². The van der Waals surface area contributed by atoms with E-state index in [0.29, 0.717) is 18.2 Å². The van der Waals surface area contributed by atoms with Gasteiger partial charge >= 0.3 is 0 Å². The van der Waals surface area contributed by atoms with E-state index in [9.17, 15) is 0 Å². The van der Waals surface area contributed by atoms with Crippen molar-refractivity contribution >= 4 is 0 Å². The molecule has 0 aromatic carbocycles. The van der Waals surface area contributed by atoms with Crippen molar-refractivity contribution in [2.75, 3.05) is 0 Å². The minimum absolute atomic E-state index is 0.152. The highest BCUT2D eigenvalue weighted by molar-refractivity contribution is 5.01. The molecule has 4 nitrogen and oxygen atoms in total. The maximum Gasteiger partial charge on any atom is 0.234 e. The van der Waals surface area contributed by atoms with E-state index in [0.717, 1.165) is 0 Å². The summed E-state index contributed by atoms with van der Waals surface area (Å²) < 4.78 is 5.42. The van der Waals surface area contributed by atoms with Crippen LogP contribution in [0.5, 0.6) is 0 Å². The lowest BCUT2D eigenvalue weighted by atomic mass is 9.97. The zero-order valence-electron chi connectivity index (χ0n) is 8.74. The standard InChI is InChI=1S/C10H15N3O/c1-5-6-7(11)8-12-13-9(14-8)10(2,3)4/h1,7H,6,11H2,2-4H3. The van der Waals surface area contributed by atoms with Crippen molar-refractivity contribution in [1.82, 2.24) is 10.2 Å². The van der Waals surface area contributed by atoms with Gasteiger partial charge in [-0.15, -0.1) is 22.5 Å². The minimum Gasteiger partial charge on any atom is -0.423 e. The van der Waals surface area contributed by atoms with Gasteiger partial charge in [-0.1, -0.05) is 20.8 Å². The van der Waals surface area contributed by atoms with E-state index in [1.807, 2.05) is 20.8 Å². The van der Waals surface area contributed by atoms with Crippen LogP contribution in [-0.4, -0.2) is 10.2 Å². The van der Waals surface area contributed by atoms with E-state index < -0.39 is 0 Å². The predicted molar refractivity (Wildman–Crippen MR) is 53.4 cm³/mol. The number of terminal acetylenes is 1. The van der Waals surface area contributed by atoms with Gasteiger partial charge in [0, 0.05) is 11.8 Å². The van der Waals surface area contributed by atoms with Crippen molar-refractivity contribution in [2.24, 2.45) is 5.73 Å². The fourth-order valence-electron chi connectivity index (χ4n) is 0.902. The summed E-state index contributed by atoms with van der Waals surface area (Å²) in [4.78, 5) is 0. The van der Waals surface area contributed by atoms with Gasteiger partial charge in [-0.3, -0.25) is 0 Å². The van der Waals surface area contributed by atoms with Gasteiger partial charge < -0.3 is 10.2 Å². The third kappa shape index (κ3) is 2.33. The lowest BCUT2D eigenvalue weighted by Crippen LogP contribution is -2.11. The molecule has 76 valence electrons. The molecule has 1 aromatic heterocycles. The molecule has 1 unspecified atom stereocenters. The summed E-state index contributed by atoms with van der Waals surface area (Å²) >= 11 is 0. The molecule has 0 fully saturated rings. The topological polar surface area (TPSA) is 64.9 Å². The van der Waals surface area contributed by atoms with Crippen LogP contribution >= 0.6 is 0 Å². The van der Waals surface area contributed by atoms with Crippen LogP contribution in [-0.2, 0) is 5.41 Å². The number of aromatic nitrogens is 2. The SMILES string of the molecule is C#CCC(N)c1nnc(C(C)(C)C)o1. The molecule has 1 heterocycles. The van der Waals surface area contributed by atoms with E-state index in [1.165, 1.54) is 0 Å². The molecular weight excluding hydrogens is 178 g/mol. The van der Waals surface area contributed by atoms with Crippen LogP contribution in [0.1, 0.15) is 45.0 Å². The van der Waals surface area contributed by atoms with Gasteiger partial charge in [-0.25, -0.2) is 0 Å². The third-order valence-electron chi connectivity index (χ3n) is 1.74. The van der Waals surface area contributed by atoms with Crippen LogP contribution in [0.25, 0.3) is 0 Å². The molecule has 0 bridgehead atoms. The third-order valence-corrected chi connectivity index (χ3v) is 1.74. The van der Waals surface area contributed by atoms with E-state index in [-0.39, 0.29) is 11.5 Å². The fourth-order valence-corrected chi connectivity index (χ4v) is 0.902. The summed E-state index contributed by atoms with van der Waals surface area (Å²) in [6, 6.07) is -0.358. The number of hydrogen-bond acceptors (Lipinski definition) is 4. The van der Waals surface area contributed by atoms with E-state index >= 15 is 0 Å². The second kappa shape index (κ2) is 3.81. The highest BCUT2D eigenvalue weighted by Crippen LogP contribution is 2.22. The number of hydrogen-bond donors (Lipinski definition) is 1. The Bertz CT molecular complexity index is 343. The summed E-state index contributed by atoms with van der Waals surface area (Å²) in [6.07, 6.45) is 5.55. The summed E-state index contributed by atoms with van der Waals surface area (Å²) in [5, 5.41) is 7.79. The Hall–Kier alpha value is -1.34. The maximum atomic E-state index is 5.72. The second-order valence-electron chi connectivity index (χ2n) is 4.21. The molecule has 14 heavy (non-hydrogen) atoms. The lowest BCUT2D eigenvalue weighted by Gasteiger charge is -2.11. The van der Waals surface area contributed by atoms with Gasteiger partial charge in [0.05, 0.1) is 6.04 Å². The van der Waals surface area contributed by atoms with Crippen LogP contribution in [0.3, 0.4) is 0 Å². The molecule has 0 radical (unpaired) electrons. The Labute approximate surface area is 83.9 Å². The van der Waals surface area contributed by atoms with Crippen LogP contribution in [0.15, 0.2) is 4.42 Å². The van der Waals surface area contributed by atoms with Crippen LogP contribution in [0.2, 0.25) is 0 Å². The molecule has 0 aliphatic rings. The van der Waals surface area contributed by atoms with Crippen molar-refractivity contribution in [3.05, 3.63) is 11.8 Å². The molecule has 0 aliphatic carbocycles. The predicted octanol–water partition coefficient (Wildman–Crippen LogP) is 1.39. The van der Waals surface area contributed by atoms with Gasteiger partial charge in [-0.2, -0.15) is 0 Å². The first-order chi connectivity index (χ1) is 6.45. The van der Waals surface area contributed by atoms with Crippen molar-refractivity contribution < 1.29 is 4.42 Å². The molecule has 0 saturated heterocycles. The molecule has 0 aliphatic heterocycles. The Morgan fingerprint density at radius 2 is 2.14 bits per heavy atom.